The molecule has 0 radical (unpaired) electrons. The van der Waals surface area contributed by atoms with Crippen LogP contribution in [0.5, 0.6) is 0 Å². The summed E-state index contributed by atoms with van der Waals surface area (Å²) in [6, 6.07) is 5.71. The molecule has 1 unspecified atom stereocenters. The van der Waals surface area contributed by atoms with Crippen LogP contribution in [0.1, 0.15) is 30.4 Å². The van der Waals surface area contributed by atoms with Crippen molar-refractivity contribution < 1.29 is 19.1 Å². The fourth-order valence-corrected chi connectivity index (χ4v) is 4.04. The minimum absolute atomic E-state index is 0.00278. The van der Waals surface area contributed by atoms with Gasteiger partial charge >= 0.3 is 0 Å². The Balaban J connectivity index is 1.34. The van der Waals surface area contributed by atoms with Crippen LogP contribution in [0.4, 0.5) is 5.69 Å². The second-order valence-electron chi connectivity index (χ2n) is 7.45. The van der Waals surface area contributed by atoms with Crippen LogP contribution in [0.15, 0.2) is 18.2 Å². The molecule has 7 heteroatoms. The van der Waals surface area contributed by atoms with Gasteiger partial charge in [-0.05, 0) is 36.5 Å². The maximum Gasteiger partial charge on any atom is 0.251 e. The van der Waals surface area contributed by atoms with Crippen LogP contribution < -0.4 is 5.32 Å². The zero-order valence-corrected chi connectivity index (χ0v) is 15.4. The molecule has 3 aliphatic heterocycles. The molecule has 1 aromatic carbocycles. The zero-order chi connectivity index (χ0) is 18.8. The Kier molecular flexibility index (Phi) is 5.11. The Morgan fingerprint density at radius 1 is 1.11 bits per heavy atom. The molecule has 3 heterocycles. The molecular formula is C20H25N3O4. The molecule has 1 N–H and O–H groups in total. The van der Waals surface area contributed by atoms with Gasteiger partial charge in [-0.2, -0.15) is 0 Å². The molecule has 0 saturated carbocycles. The normalized spacial score (nSPS) is 22.4. The van der Waals surface area contributed by atoms with Gasteiger partial charge in [-0.3, -0.25) is 14.4 Å². The molecule has 2 fully saturated rings. The summed E-state index contributed by atoms with van der Waals surface area (Å²) in [5.74, 6) is 0.133. The number of anilines is 1. The number of carbonyl (C=O) groups is 3. The van der Waals surface area contributed by atoms with E-state index in [-0.39, 0.29) is 23.8 Å². The first-order valence-electron chi connectivity index (χ1n) is 9.70. The molecule has 0 spiro atoms. The van der Waals surface area contributed by atoms with Crippen molar-refractivity contribution in [3.63, 3.8) is 0 Å². The Bertz CT molecular complexity index is 758. The van der Waals surface area contributed by atoms with E-state index in [0.717, 1.165) is 36.1 Å². The lowest BCUT2D eigenvalue weighted by atomic mass is 10.1. The number of fused-ring (bicyclic) bond motifs is 1. The predicted octanol–water partition coefficient (Wildman–Crippen LogP) is 0.964. The summed E-state index contributed by atoms with van der Waals surface area (Å²) in [5.41, 5.74) is 2.72. The molecule has 144 valence electrons. The Hall–Kier alpha value is -2.41. The lowest BCUT2D eigenvalue weighted by Crippen LogP contribution is -2.42. The van der Waals surface area contributed by atoms with E-state index >= 15 is 0 Å². The molecule has 2 saturated heterocycles. The van der Waals surface area contributed by atoms with Gasteiger partial charge in [0, 0.05) is 38.5 Å². The highest BCUT2D eigenvalue weighted by atomic mass is 16.5. The van der Waals surface area contributed by atoms with Crippen LogP contribution in [0.25, 0.3) is 0 Å². The fraction of sp³-hybridized carbons (Fsp3) is 0.550. The quantitative estimate of drug-likeness (QED) is 0.859. The van der Waals surface area contributed by atoms with Crippen molar-refractivity contribution in [3.05, 3.63) is 29.3 Å². The first-order valence-corrected chi connectivity index (χ1v) is 9.70. The fourth-order valence-electron chi connectivity index (χ4n) is 4.04. The maximum atomic E-state index is 12.7. The van der Waals surface area contributed by atoms with E-state index in [1.807, 2.05) is 28.0 Å². The third-order valence-corrected chi connectivity index (χ3v) is 5.52. The summed E-state index contributed by atoms with van der Waals surface area (Å²) in [6.07, 6.45) is 2.93. The molecule has 27 heavy (non-hydrogen) atoms. The van der Waals surface area contributed by atoms with Crippen LogP contribution in [-0.2, 0) is 32.0 Å². The summed E-state index contributed by atoms with van der Waals surface area (Å²) in [4.78, 5) is 40.4. The number of hydrogen-bond donors (Lipinski definition) is 1. The molecule has 7 nitrogen and oxygen atoms in total. The summed E-state index contributed by atoms with van der Waals surface area (Å²) in [7, 11) is 0. The van der Waals surface area contributed by atoms with Crippen molar-refractivity contribution in [2.24, 2.45) is 0 Å². The van der Waals surface area contributed by atoms with E-state index in [1.54, 1.807) is 0 Å². The highest BCUT2D eigenvalue weighted by Gasteiger charge is 2.30. The van der Waals surface area contributed by atoms with Crippen molar-refractivity contribution >= 4 is 23.4 Å². The molecule has 1 aromatic rings. The summed E-state index contributed by atoms with van der Waals surface area (Å²) >= 11 is 0. The average molecular weight is 371 g/mol. The largest absolute Gasteiger partial charge is 0.368 e. The number of nitrogens with one attached hydrogen (secondary N) is 1. The molecule has 0 aromatic heterocycles. The molecule has 0 bridgehead atoms. The van der Waals surface area contributed by atoms with Crippen LogP contribution in [0, 0.1) is 0 Å². The van der Waals surface area contributed by atoms with E-state index in [9.17, 15) is 14.4 Å². The van der Waals surface area contributed by atoms with Crippen LogP contribution >= 0.6 is 0 Å². The zero-order valence-electron chi connectivity index (χ0n) is 15.4. The standard InChI is InChI=1S/C20H25N3O4/c24-18-13-15-11-14(4-5-16(15)21-18)12-19(25)22-6-2-7-23(9-8-22)20(26)17-3-1-10-27-17/h4-5,11,17H,1-3,6-10,12-13H2,(H,21,24). The first-order chi connectivity index (χ1) is 13.1. The third-order valence-electron chi connectivity index (χ3n) is 5.52. The van der Waals surface area contributed by atoms with Crippen LogP contribution in [0.3, 0.4) is 0 Å². The molecule has 0 aliphatic carbocycles. The number of carbonyl (C=O) groups excluding carboxylic acids is 3. The SMILES string of the molecule is O=C1Cc2cc(CC(=O)N3CCCN(C(=O)C4CCCO4)CC3)ccc2N1. The summed E-state index contributed by atoms with van der Waals surface area (Å²) in [6.45, 7) is 3.13. The van der Waals surface area contributed by atoms with E-state index in [2.05, 4.69) is 5.32 Å². The molecule has 4 rings (SSSR count). The monoisotopic (exact) mass is 371 g/mol. The van der Waals surface area contributed by atoms with E-state index in [0.29, 0.717) is 45.6 Å². The topological polar surface area (TPSA) is 79.0 Å². The lowest BCUT2D eigenvalue weighted by Gasteiger charge is -2.24. The number of hydrogen-bond acceptors (Lipinski definition) is 4. The highest BCUT2D eigenvalue weighted by Crippen LogP contribution is 2.24. The number of amides is 3. The highest BCUT2D eigenvalue weighted by molar-refractivity contribution is 5.99. The number of benzene rings is 1. The van der Waals surface area contributed by atoms with Gasteiger partial charge in [-0.1, -0.05) is 12.1 Å². The molecule has 1 atom stereocenters. The van der Waals surface area contributed by atoms with Gasteiger partial charge in [-0.25, -0.2) is 0 Å². The minimum Gasteiger partial charge on any atom is -0.368 e. The van der Waals surface area contributed by atoms with Gasteiger partial charge in [0.25, 0.3) is 5.91 Å². The molecule has 3 aliphatic rings. The van der Waals surface area contributed by atoms with Crippen molar-refractivity contribution in [3.8, 4) is 0 Å². The Morgan fingerprint density at radius 3 is 2.74 bits per heavy atom. The molecular weight excluding hydrogens is 346 g/mol. The first kappa shape index (κ1) is 18.0. The van der Waals surface area contributed by atoms with Crippen molar-refractivity contribution in [1.82, 2.24) is 9.80 Å². The van der Waals surface area contributed by atoms with Gasteiger partial charge < -0.3 is 19.9 Å². The number of rotatable bonds is 3. The van der Waals surface area contributed by atoms with Gasteiger partial charge in [0.2, 0.25) is 11.8 Å². The van der Waals surface area contributed by atoms with Gasteiger partial charge in [0.05, 0.1) is 12.8 Å². The van der Waals surface area contributed by atoms with Gasteiger partial charge in [-0.15, -0.1) is 0 Å². The summed E-state index contributed by atoms with van der Waals surface area (Å²) < 4.78 is 5.51. The van der Waals surface area contributed by atoms with Crippen molar-refractivity contribution in [2.45, 2.75) is 38.2 Å². The number of ether oxygens (including phenoxy) is 1. The van der Waals surface area contributed by atoms with Gasteiger partial charge in [0.1, 0.15) is 6.10 Å². The van der Waals surface area contributed by atoms with Crippen molar-refractivity contribution in [1.29, 1.82) is 0 Å². The lowest BCUT2D eigenvalue weighted by molar-refractivity contribution is -0.141. The van der Waals surface area contributed by atoms with E-state index < -0.39 is 0 Å². The second-order valence-corrected chi connectivity index (χ2v) is 7.45. The molecule has 3 amide bonds. The van der Waals surface area contributed by atoms with Crippen LogP contribution in [0.2, 0.25) is 0 Å². The Morgan fingerprint density at radius 2 is 1.93 bits per heavy atom. The number of nitrogens with zero attached hydrogens (tertiary/aromatic N) is 2. The van der Waals surface area contributed by atoms with Crippen LogP contribution in [-0.4, -0.2) is 66.4 Å². The van der Waals surface area contributed by atoms with E-state index in [1.165, 1.54) is 0 Å². The van der Waals surface area contributed by atoms with Crippen molar-refractivity contribution in [2.75, 3.05) is 38.1 Å². The third kappa shape index (κ3) is 3.98. The minimum atomic E-state index is -0.296. The Labute approximate surface area is 158 Å². The smallest absolute Gasteiger partial charge is 0.251 e. The average Bonchev–Trinajstić information content (AvgIpc) is 3.23. The summed E-state index contributed by atoms with van der Waals surface area (Å²) in [5, 5.41) is 2.81. The van der Waals surface area contributed by atoms with Gasteiger partial charge in [0.15, 0.2) is 0 Å². The second kappa shape index (κ2) is 7.68. The predicted molar refractivity (Wildman–Crippen MR) is 99.2 cm³/mol. The maximum absolute atomic E-state index is 12.7. The van der Waals surface area contributed by atoms with E-state index in [4.69, 9.17) is 4.74 Å².